The van der Waals surface area contributed by atoms with Gasteiger partial charge in [-0.25, -0.2) is 0 Å². The number of nitrogens with zero attached hydrogens (tertiary/aromatic N) is 4. The van der Waals surface area contributed by atoms with Crippen LogP contribution >= 0.6 is 23.4 Å². The minimum atomic E-state index is -0.562. The molecule has 180 valence electrons. The van der Waals surface area contributed by atoms with Crippen LogP contribution in [-0.2, 0) is 6.61 Å². The third kappa shape index (κ3) is 5.93. The number of hydrogen-bond donors (Lipinski definition) is 0. The first-order valence-electron chi connectivity index (χ1n) is 10.8. The molecular formula is C25H23ClN4O4S. The highest BCUT2D eigenvalue weighted by Gasteiger charge is 2.26. The minimum Gasteiger partial charge on any atom is -0.497 e. The number of aryl methyl sites for hydroxylation is 1. The summed E-state index contributed by atoms with van der Waals surface area (Å²) < 4.78 is 13.2. The standard InChI is InChI=1S/C25H23ClN4O4S/c1-17-27-28-25(30(17)19-11-13-20(33-2)14-12-19)35-24(15-29(31)32)21-8-4-6-10-23(21)34-16-18-7-3-5-9-22(18)26/h3-14,24H,15-16H2,1-2H3/t24-/m0/s1. The zero-order valence-electron chi connectivity index (χ0n) is 19.1. The summed E-state index contributed by atoms with van der Waals surface area (Å²) >= 11 is 7.54. The van der Waals surface area contributed by atoms with Gasteiger partial charge in [0.2, 0.25) is 6.54 Å². The first-order chi connectivity index (χ1) is 17.0. The van der Waals surface area contributed by atoms with Gasteiger partial charge < -0.3 is 9.47 Å². The predicted octanol–water partition coefficient (Wildman–Crippen LogP) is 5.93. The number of thioether (sulfide) groups is 1. The van der Waals surface area contributed by atoms with Crippen LogP contribution in [0.2, 0.25) is 5.02 Å². The van der Waals surface area contributed by atoms with E-state index in [1.165, 1.54) is 11.8 Å². The van der Waals surface area contributed by atoms with Crippen molar-refractivity contribution in [3.05, 3.63) is 105 Å². The molecule has 4 aromatic rings. The highest BCUT2D eigenvalue weighted by atomic mass is 35.5. The van der Waals surface area contributed by atoms with Crippen molar-refractivity contribution in [1.82, 2.24) is 14.8 Å². The van der Waals surface area contributed by atoms with Gasteiger partial charge in [-0.2, -0.15) is 0 Å². The van der Waals surface area contributed by atoms with Crippen molar-refractivity contribution in [2.24, 2.45) is 0 Å². The fraction of sp³-hybridized carbons (Fsp3) is 0.200. The van der Waals surface area contributed by atoms with E-state index in [2.05, 4.69) is 10.2 Å². The molecule has 0 aliphatic rings. The fourth-order valence-electron chi connectivity index (χ4n) is 3.56. The smallest absolute Gasteiger partial charge is 0.220 e. The third-order valence-electron chi connectivity index (χ3n) is 5.30. The number of para-hydroxylation sites is 1. The maximum Gasteiger partial charge on any atom is 0.220 e. The van der Waals surface area contributed by atoms with Gasteiger partial charge >= 0.3 is 0 Å². The molecule has 4 rings (SSSR count). The van der Waals surface area contributed by atoms with Gasteiger partial charge in [-0.1, -0.05) is 59.8 Å². The molecule has 35 heavy (non-hydrogen) atoms. The van der Waals surface area contributed by atoms with Gasteiger partial charge in [-0.3, -0.25) is 14.7 Å². The van der Waals surface area contributed by atoms with E-state index in [-0.39, 0.29) is 18.1 Å². The molecule has 1 aromatic heterocycles. The predicted molar refractivity (Wildman–Crippen MR) is 135 cm³/mol. The number of hydrogen-bond acceptors (Lipinski definition) is 7. The van der Waals surface area contributed by atoms with Gasteiger partial charge in [-0.15, -0.1) is 10.2 Å². The molecule has 0 N–H and O–H groups in total. The van der Waals surface area contributed by atoms with Gasteiger partial charge in [0.05, 0.1) is 7.11 Å². The molecule has 3 aromatic carbocycles. The molecule has 0 amide bonds. The topological polar surface area (TPSA) is 92.3 Å². The number of benzene rings is 3. The quantitative estimate of drug-likeness (QED) is 0.148. The zero-order valence-corrected chi connectivity index (χ0v) is 20.7. The average molecular weight is 511 g/mol. The molecule has 8 nitrogen and oxygen atoms in total. The molecule has 0 bridgehead atoms. The Balaban J connectivity index is 1.64. The van der Waals surface area contributed by atoms with Crippen LogP contribution < -0.4 is 9.47 Å². The van der Waals surface area contributed by atoms with Crippen molar-refractivity contribution in [1.29, 1.82) is 0 Å². The second-order valence-electron chi connectivity index (χ2n) is 7.60. The molecule has 10 heteroatoms. The first kappa shape index (κ1) is 24.6. The number of halogens is 1. The molecule has 0 aliphatic carbocycles. The van der Waals surface area contributed by atoms with E-state index in [1.807, 2.05) is 72.2 Å². The van der Waals surface area contributed by atoms with Crippen molar-refractivity contribution < 1.29 is 14.4 Å². The lowest BCUT2D eigenvalue weighted by Crippen LogP contribution is -2.12. The Morgan fingerprint density at radius 3 is 2.49 bits per heavy atom. The van der Waals surface area contributed by atoms with Gasteiger partial charge in [0.25, 0.3) is 0 Å². The Bertz CT molecular complexity index is 1310. The minimum absolute atomic E-state index is 0.244. The highest BCUT2D eigenvalue weighted by molar-refractivity contribution is 7.99. The number of methoxy groups -OCH3 is 1. The molecule has 0 fully saturated rings. The normalized spacial score (nSPS) is 11.7. The van der Waals surface area contributed by atoms with Crippen LogP contribution in [0.1, 0.15) is 22.2 Å². The Labute approximate surface area is 212 Å². The lowest BCUT2D eigenvalue weighted by Gasteiger charge is -2.18. The van der Waals surface area contributed by atoms with Crippen molar-refractivity contribution in [2.45, 2.75) is 23.9 Å². The van der Waals surface area contributed by atoms with Crippen LogP contribution in [0.3, 0.4) is 0 Å². The zero-order chi connectivity index (χ0) is 24.8. The Kier molecular flexibility index (Phi) is 7.89. The summed E-state index contributed by atoms with van der Waals surface area (Å²) in [4.78, 5) is 11.3. The van der Waals surface area contributed by atoms with Crippen LogP contribution in [0.4, 0.5) is 0 Å². The maximum absolute atomic E-state index is 11.6. The van der Waals surface area contributed by atoms with Gasteiger partial charge in [0, 0.05) is 26.8 Å². The molecule has 0 saturated heterocycles. The van der Waals surface area contributed by atoms with E-state index < -0.39 is 5.25 Å². The molecule has 0 radical (unpaired) electrons. The second-order valence-corrected chi connectivity index (χ2v) is 9.18. The van der Waals surface area contributed by atoms with Crippen molar-refractivity contribution in [3.8, 4) is 17.2 Å². The van der Waals surface area contributed by atoms with Crippen LogP contribution in [0.25, 0.3) is 5.69 Å². The summed E-state index contributed by atoms with van der Waals surface area (Å²) in [5.74, 6) is 1.95. The Hall–Kier alpha value is -3.56. The molecule has 0 saturated carbocycles. The van der Waals surface area contributed by atoms with Crippen molar-refractivity contribution >= 4 is 23.4 Å². The van der Waals surface area contributed by atoms with Crippen LogP contribution in [-0.4, -0.2) is 33.3 Å². The lowest BCUT2D eigenvalue weighted by atomic mass is 10.1. The van der Waals surface area contributed by atoms with Gasteiger partial charge in [0.1, 0.15) is 29.2 Å². The SMILES string of the molecule is COc1ccc(-n2c(C)nnc2S[C@@H](C[N+](=O)[O-])c2ccccc2OCc2ccccc2Cl)cc1. The summed E-state index contributed by atoms with van der Waals surface area (Å²) in [5, 5.41) is 20.7. The summed E-state index contributed by atoms with van der Waals surface area (Å²) in [6.45, 7) is 1.77. The largest absolute Gasteiger partial charge is 0.497 e. The summed E-state index contributed by atoms with van der Waals surface area (Å²) in [5.41, 5.74) is 2.36. The van der Waals surface area contributed by atoms with E-state index in [0.29, 0.717) is 27.3 Å². The monoisotopic (exact) mass is 510 g/mol. The van der Waals surface area contributed by atoms with Crippen LogP contribution in [0.15, 0.2) is 78.0 Å². The van der Waals surface area contributed by atoms with Gasteiger partial charge in [0.15, 0.2) is 5.16 Å². The van der Waals surface area contributed by atoms with E-state index in [9.17, 15) is 10.1 Å². The second kappa shape index (κ2) is 11.2. The van der Waals surface area contributed by atoms with Crippen molar-refractivity contribution in [3.63, 3.8) is 0 Å². The Morgan fingerprint density at radius 1 is 1.06 bits per heavy atom. The van der Waals surface area contributed by atoms with E-state index in [4.69, 9.17) is 21.1 Å². The van der Waals surface area contributed by atoms with E-state index in [0.717, 1.165) is 17.0 Å². The fourth-order valence-corrected chi connectivity index (χ4v) is 4.95. The molecule has 0 aliphatic heterocycles. The average Bonchev–Trinajstić information content (AvgIpc) is 3.23. The van der Waals surface area contributed by atoms with Crippen molar-refractivity contribution in [2.75, 3.05) is 13.7 Å². The number of ether oxygens (including phenoxy) is 2. The lowest BCUT2D eigenvalue weighted by molar-refractivity contribution is -0.479. The molecule has 0 spiro atoms. The van der Waals surface area contributed by atoms with E-state index >= 15 is 0 Å². The maximum atomic E-state index is 11.6. The van der Waals surface area contributed by atoms with Crippen LogP contribution in [0, 0.1) is 17.0 Å². The molecule has 1 atom stereocenters. The molecule has 1 heterocycles. The summed E-state index contributed by atoms with van der Waals surface area (Å²) in [7, 11) is 1.60. The molecule has 0 unspecified atom stereocenters. The summed E-state index contributed by atoms with van der Waals surface area (Å²) in [6.07, 6.45) is 0. The number of rotatable bonds is 10. The first-order valence-corrected chi connectivity index (χ1v) is 12.0. The summed E-state index contributed by atoms with van der Waals surface area (Å²) in [6, 6.07) is 22.2. The van der Waals surface area contributed by atoms with Crippen LogP contribution in [0.5, 0.6) is 11.5 Å². The molecular weight excluding hydrogens is 488 g/mol. The number of nitro groups is 1. The third-order valence-corrected chi connectivity index (χ3v) is 6.83. The van der Waals surface area contributed by atoms with Gasteiger partial charge in [-0.05, 0) is 43.3 Å². The van der Waals surface area contributed by atoms with E-state index in [1.54, 1.807) is 19.2 Å². The number of aromatic nitrogens is 3. The Morgan fingerprint density at radius 2 is 1.77 bits per heavy atom. The highest BCUT2D eigenvalue weighted by Crippen LogP contribution is 2.40.